The summed E-state index contributed by atoms with van der Waals surface area (Å²) in [5, 5.41) is 14.3. The van der Waals surface area contributed by atoms with Crippen molar-refractivity contribution >= 4 is 18.0 Å². The number of aliphatic carboxylic acids is 1. The van der Waals surface area contributed by atoms with Crippen molar-refractivity contribution in [3.05, 3.63) is 59.7 Å². The molecule has 2 atom stereocenters. The second-order valence-electron chi connectivity index (χ2n) is 7.82. The van der Waals surface area contributed by atoms with Gasteiger partial charge < -0.3 is 20.5 Å². The molecule has 3 rings (SSSR count). The summed E-state index contributed by atoms with van der Waals surface area (Å²) < 4.78 is 5.48. The minimum atomic E-state index is -0.937. The normalized spacial score (nSPS) is 14.1. The van der Waals surface area contributed by atoms with E-state index in [2.05, 4.69) is 34.9 Å². The number of hydrogen-bond acceptors (Lipinski definition) is 4. The fraction of sp³-hybridized carbons (Fsp3) is 0.375. The number of hydrogen-bond donors (Lipinski definition) is 3. The SMILES string of the molecule is CCC(CNC(=O)CC(C)NC(=O)OCC1c2ccccc2-c2ccccc21)C(=O)O. The maximum atomic E-state index is 12.3. The summed E-state index contributed by atoms with van der Waals surface area (Å²) >= 11 is 0. The van der Waals surface area contributed by atoms with Crippen molar-refractivity contribution in [2.45, 2.75) is 38.6 Å². The van der Waals surface area contributed by atoms with Gasteiger partial charge in [0.25, 0.3) is 0 Å². The number of carbonyl (C=O) groups excluding carboxylic acids is 2. The van der Waals surface area contributed by atoms with Crippen LogP contribution >= 0.6 is 0 Å². The van der Waals surface area contributed by atoms with Crippen molar-refractivity contribution in [2.24, 2.45) is 5.92 Å². The van der Waals surface area contributed by atoms with E-state index in [9.17, 15) is 14.4 Å². The van der Waals surface area contributed by atoms with Crippen molar-refractivity contribution in [3.63, 3.8) is 0 Å². The molecule has 1 aliphatic rings. The first kappa shape index (κ1) is 22.3. The van der Waals surface area contributed by atoms with Crippen LogP contribution in [0.4, 0.5) is 4.79 Å². The first-order chi connectivity index (χ1) is 14.9. The number of rotatable bonds is 9. The zero-order chi connectivity index (χ0) is 22.4. The minimum Gasteiger partial charge on any atom is -0.481 e. The van der Waals surface area contributed by atoms with E-state index in [1.165, 1.54) is 0 Å². The molecular formula is C24H28N2O5. The van der Waals surface area contributed by atoms with E-state index >= 15 is 0 Å². The van der Waals surface area contributed by atoms with Gasteiger partial charge >= 0.3 is 12.1 Å². The zero-order valence-corrected chi connectivity index (χ0v) is 17.8. The van der Waals surface area contributed by atoms with E-state index < -0.39 is 24.0 Å². The predicted molar refractivity (Wildman–Crippen MR) is 117 cm³/mol. The molecule has 0 saturated heterocycles. The van der Waals surface area contributed by atoms with Gasteiger partial charge in [-0.25, -0.2) is 4.79 Å². The van der Waals surface area contributed by atoms with Crippen LogP contribution in [-0.4, -0.2) is 42.3 Å². The van der Waals surface area contributed by atoms with E-state index in [4.69, 9.17) is 9.84 Å². The zero-order valence-electron chi connectivity index (χ0n) is 17.8. The van der Waals surface area contributed by atoms with Crippen LogP contribution in [0.1, 0.15) is 43.7 Å². The molecule has 0 aromatic heterocycles. The molecule has 2 unspecified atom stereocenters. The number of benzene rings is 2. The Morgan fingerprint density at radius 2 is 1.61 bits per heavy atom. The summed E-state index contributed by atoms with van der Waals surface area (Å²) in [5.41, 5.74) is 4.58. The number of carboxylic acid groups (broad SMARTS) is 1. The number of amides is 2. The average molecular weight is 424 g/mol. The third-order valence-electron chi connectivity index (χ3n) is 5.59. The number of alkyl carbamates (subject to hydrolysis) is 1. The van der Waals surface area contributed by atoms with Crippen LogP contribution in [0.25, 0.3) is 11.1 Å². The van der Waals surface area contributed by atoms with E-state index in [1.54, 1.807) is 13.8 Å². The molecule has 7 nitrogen and oxygen atoms in total. The summed E-state index contributed by atoms with van der Waals surface area (Å²) in [7, 11) is 0. The maximum absolute atomic E-state index is 12.3. The monoisotopic (exact) mass is 424 g/mol. The highest BCUT2D eigenvalue weighted by atomic mass is 16.5. The molecule has 0 saturated carbocycles. The van der Waals surface area contributed by atoms with Crippen molar-refractivity contribution in [2.75, 3.05) is 13.2 Å². The molecule has 0 aliphatic heterocycles. The fourth-order valence-electron chi connectivity index (χ4n) is 3.89. The average Bonchev–Trinajstić information content (AvgIpc) is 3.06. The smallest absolute Gasteiger partial charge is 0.407 e. The van der Waals surface area contributed by atoms with Gasteiger partial charge in [0.15, 0.2) is 0 Å². The van der Waals surface area contributed by atoms with Crippen LogP contribution in [0.5, 0.6) is 0 Å². The van der Waals surface area contributed by atoms with Crippen LogP contribution in [0.3, 0.4) is 0 Å². The Labute approximate surface area is 181 Å². The Morgan fingerprint density at radius 3 is 2.16 bits per heavy atom. The number of ether oxygens (including phenoxy) is 1. The molecule has 0 heterocycles. The van der Waals surface area contributed by atoms with E-state index in [-0.39, 0.29) is 31.4 Å². The summed E-state index contributed by atoms with van der Waals surface area (Å²) in [5.74, 6) is -1.90. The molecule has 0 radical (unpaired) electrons. The molecule has 31 heavy (non-hydrogen) atoms. The van der Waals surface area contributed by atoms with Gasteiger partial charge in [-0.2, -0.15) is 0 Å². The topological polar surface area (TPSA) is 105 Å². The van der Waals surface area contributed by atoms with Crippen molar-refractivity contribution < 1.29 is 24.2 Å². The minimum absolute atomic E-state index is 0.0289. The highest BCUT2D eigenvalue weighted by molar-refractivity contribution is 5.80. The lowest BCUT2D eigenvalue weighted by Crippen LogP contribution is -2.39. The lowest BCUT2D eigenvalue weighted by molar-refractivity contribution is -0.141. The standard InChI is InChI=1S/C24H28N2O5/c1-3-16(23(28)29)13-25-22(27)12-15(2)26-24(30)31-14-21-19-10-6-4-8-17(19)18-9-5-7-11-20(18)21/h4-11,15-16,21H,3,12-14H2,1-2H3,(H,25,27)(H,26,30)(H,28,29). The Bertz CT molecular complexity index is 913. The lowest BCUT2D eigenvalue weighted by Gasteiger charge is -2.17. The van der Waals surface area contributed by atoms with Crippen LogP contribution in [0.2, 0.25) is 0 Å². The molecule has 2 aromatic rings. The lowest BCUT2D eigenvalue weighted by atomic mass is 9.98. The van der Waals surface area contributed by atoms with Crippen molar-refractivity contribution in [3.8, 4) is 11.1 Å². The Hall–Kier alpha value is -3.35. The largest absolute Gasteiger partial charge is 0.481 e. The molecule has 7 heteroatoms. The highest BCUT2D eigenvalue weighted by Gasteiger charge is 2.29. The Kier molecular flexibility index (Phi) is 7.28. The predicted octanol–water partition coefficient (Wildman–Crippen LogP) is 3.53. The molecule has 0 fully saturated rings. The Morgan fingerprint density at radius 1 is 1.03 bits per heavy atom. The number of fused-ring (bicyclic) bond motifs is 3. The van der Waals surface area contributed by atoms with E-state index in [0.29, 0.717) is 6.42 Å². The molecule has 3 N–H and O–H groups in total. The van der Waals surface area contributed by atoms with Crippen molar-refractivity contribution in [1.29, 1.82) is 0 Å². The molecule has 164 valence electrons. The molecule has 0 spiro atoms. The second-order valence-corrected chi connectivity index (χ2v) is 7.82. The summed E-state index contributed by atoms with van der Waals surface area (Å²) in [4.78, 5) is 35.3. The van der Waals surface area contributed by atoms with Gasteiger partial charge in [0, 0.05) is 24.9 Å². The molecule has 2 aromatic carbocycles. The first-order valence-electron chi connectivity index (χ1n) is 10.5. The highest BCUT2D eigenvalue weighted by Crippen LogP contribution is 2.44. The number of carboxylic acids is 1. The van der Waals surface area contributed by atoms with Gasteiger partial charge in [0.1, 0.15) is 6.61 Å². The Balaban J connectivity index is 1.49. The van der Waals surface area contributed by atoms with Gasteiger partial charge in [-0.05, 0) is 35.6 Å². The maximum Gasteiger partial charge on any atom is 0.407 e. The van der Waals surface area contributed by atoms with Crippen LogP contribution in [0.15, 0.2) is 48.5 Å². The van der Waals surface area contributed by atoms with E-state index in [1.807, 2.05) is 24.3 Å². The van der Waals surface area contributed by atoms with Crippen LogP contribution in [0, 0.1) is 5.92 Å². The third-order valence-corrected chi connectivity index (χ3v) is 5.59. The summed E-state index contributed by atoms with van der Waals surface area (Å²) in [6.07, 6.45) is -0.109. The summed E-state index contributed by atoms with van der Waals surface area (Å²) in [6.45, 7) is 3.74. The van der Waals surface area contributed by atoms with E-state index in [0.717, 1.165) is 22.3 Å². The third kappa shape index (κ3) is 5.42. The molecule has 2 amide bonds. The first-order valence-corrected chi connectivity index (χ1v) is 10.5. The van der Waals surface area contributed by atoms with Crippen LogP contribution < -0.4 is 10.6 Å². The van der Waals surface area contributed by atoms with Gasteiger partial charge in [0.05, 0.1) is 5.92 Å². The number of carbonyl (C=O) groups is 3. The second kappa shape index (κ2) is 10.1. The fourth-order valence-corrected chi connectivity index (χ4v) is 3.89. The van der Waals surface area contributed by atoms with Crippen LogP contribution in [-0.2, 0) is 14.3 Å². The molecule has 0 bridgehead atoms. The number of nitrogens with one attached hydrogen (secondary N) is 2. The van der Waals surface area contributed by atoms with Crippen molar-refractivity contribution in [1.82, 2.24) is 10.6 Å². The quantitative estimate of drug-likeness (QED) is 0.571. The molecular weight excluding hydrogens is 396 g/mol. The van der Waals surface area contributed by atoms with Gasteiger partial charge in [-0.3, -0.25) is 9.59 Å². The summed E-state index contributed by atoms with van der Waals surface area (Å²) in [6, 6.07) is 15.8. The van der Waals surface area contributed by atoms with Gasteiger partial charge in [-0.15, -0.1) is 0 Å². The van der Waals surface area contributed by atoms with Gasteiger partial charge in [0.2, 0.25) is 5.91 Å². The van der Waals surface area contributed by atoms with Gasteiger partial charge in [-0.1, -0.05) is 55.5 Å². The molecule has 1 aliphatic carbocycles.